The van der Waals surface area contributed by atoms with Crippen LogP contribution in [0.4, 0.5) is 5.69 Å². The summed E-state index contributed by atoms with van der Waals surface area (Å²) >= 11 is 0. The minimum atomic E-state index is 0.713. The van der Waals surface area contributed by atoms with Gasteiger partial charge in [0.2, 0.25) is 0 Å². The van der Waals surface area contributed by atoms with Gasteiger partial charge in [0.05, 0.1) is 0 Å². The van der Waals surface area contributed by atoms with Gasteiger partial charge in [0.25, 0.3) is 0 Å². The first-order valence-corrected chi connectivity index (χ1v) is 7.01. The number of anilines is 1. The summed E-state index contributed by atoms with van der Waals surface area (Å²) in [5, 5.41) is 0. The van der Waals surface area contributed by atoms with Crippen molar-refractivity contribution in [3.63, 3.8) is 0 Å². The molecule has 21 heavy (non-hydrogen) atoms. The second-order valence-corrected chi connectivity index (χ2v) is 4.91. The van der Waals surface area contributed by atoms with Crippen LogP contribution in [0.5, 0.6) is 0 Å². The zero-order chi connectivity index (χ0) is 14.5. The second kappa shape index (κ2) is 6.29. The molecule has 0 saturated heterocycles. The van der Waals surface area contributed by atoms with E-state index in [1.54, 1.807) is 0 Å². The third-order valence-corrected chi connectivity index (χ3v) is 3.31. The summed E-state index contributed by atoms with van der Waals surface area (Å²) in [6.07, 6.45) is 0. The van der Waals surface area contributed by atoms with Gasteiger partial charge in [0.1, 0.15) is 11.5 Å². The molecule has 2 aromatic carbocycles. The molecule has 0 bridgehead atoms. The maximum atomic E-state index is 5.73. The van der Waals surface area contributed by atoms with Crippen molar-refractivity contribution in [2.75, 3.05) is 5.43 Å². The molecule has 3 rings (SSSR count). The lowest BCUT2D eigenvalue weighted by molar-refractivity contribution is 0.547. The van der Waals surface area contributed by atoms with Crippen molar-refractivity contribution in [1.29, 1.82) is 0 Å². The second-order valence-electron chi connectivity index (χ2n) is 4.91. The van der Waals surface area contributed by atoms with Gasteiger partial charge >= 0.3 is 0 Å². The molecular weight excluding hydrogens is 260 g/mol. The van der Waals surface area contributed by atoms with Crippen molar-refractivity contribution < 1.29 is 4.42 Å². The molecule has 0 amide bonds. The summed E-state index contributed by atoms with van der Waals surface area (Å²) in [6, 6.07) is 22.3. The number of benzene rings is 2. The Morgan fingerprint density at radius 1 is 0.857 bits per heavy atom. The lowest BCUT2D eigenvalue weighted by Gasteiger charge is -2.11. The average Bonchev–Trinajstić information content (AvgIpc) is 2.95. The minimum Gasteiger partial charge on any atom is -0.461 e. The van der Waals surface area contributed by atoms with Gasteiger partial charge in [0, 0.05) is 17.8 Å². The van der Waals surface area contributed by atoms with Crippen LogP contribution < -0.4 is 10.9 Å². The zero-order valence-corrected chi connectivity index (χ0v) is 12.0. The Labute approximate surface area is 124 Å². The molecule has 3 nitrogen and oxygen atoms in total. The Kier molecular flexibility index (Phi) is 4.03. The summed E-state index contributed by atoms with van der Waals surface area (Å²) in [7, 11) is 0. The largest absolute Gasteiger partial charge is 0.461 e. The van der Waals surface area contributed by atoms with Crippen LogP contribution in [0, 0.1) is 6.92 Å². The Morgan fingerprint density at radius 2 is 1.62 bits per heavy atom. The molecule has 3 aromatic rings. The van der Waals surface area contributed by atoms with Gasteiger partial charge in [-0.2, -0.15) is 0 Å². The lowest BCUT2D eigenvalue weighted by Crippen LogP contribution is -2.21. The van der Waals surface area contributed by atoms with Gasteiger partial charge in [-0.1, -0.05) is 42.5 Å². The van der Waals surface area contributed by atoms with Gasteiger partial charge < -0.3 is 9.84 Å². The molecule has 0 unspecified atom stereocenters. The van der Waals surface area contributed by atoms with Crippen molar-refractivity contribution in [3.05, 3.63) is 78.1 Å². The first-order valence-electron chi connectivity index (χ1n) is 7.01. The predicted octanol–water partition coefficient (Wildman–Crippen LogP) is 4.37. The van der Waals surface area contributed by atoms with Crippen molar-refractivity contribution in [2.24, 2.45) is 0 Å². The third kappa shape index (κ3) is 3.33. The lowest BCUT2D eigenvalue weighted by atomic mass is 10.1. The number of aryl methyl sites for hydroxylation is 1. The maximum absolute atomic E-state index is 5.73. The molecule has 0 aliphatic rings. The molecule has 0 saturated carbocycles. The molecular formula is C18H18N2O. The van der Waals surface area contributed by atoms with Crippen LogP contribution in [0.3, 0.4) is 0 Å². The highest BCUT2D eigenvalue weighted by molar-refractivity contribution is 5.62. The Morgan fingerprint density at radius 3 is 2.38 bits per heavy atom. The van der Waals surface area contributed by atoms with Gasteiger partial charge in [-0.05, 0) is 36.8 Å². The Balaban J connectivity index is 1.71. The highest BCUT2D eigenvalue weighted by atomic mass is 16.3. The van der Waals surface area contributed by atoms with Crippen LogP contribution in [-0.4, -0.2) is 0 Å². The van der Waals surface area contributed by atoms with Crippen molar-refractivity contribution in [2.45, 2.75) is 13.5 Å². The van der Waals surface area contributed by atoms with Crippen molar-refractivity contribution in [3.8, 4) is 11.3 Å². The number of hydrogen-bond acceptors (Lipinski definition) is 3. The minimum absolute atomic E-state index is 0.713. The van der Waals surface area contributed by atoms with Crippen molar-refractivity contribution >= 4 is 5.69 Å². The molecule has 0 spiro atoms. The highest BCUT2D eigenvalue weighted by Gasteiger charge is 2.07. The van der Waals surface area contributed by atoms with Gasteiger partial charge in [-0.3, -0.25) is 0 Å². The topological polar surface area (TPSA) is 37.2 Å². The molecule has 106 valence electrons. The molecule has 0 fully saturated rings. The molecule has 1 heterocycles. The molecule has 2 N–H and O–H groups in total. The summed E-state index contributed by atoms with van der Waals surface area (Å²) < 4.78 is 5.73. The average molecular weight is 278 g/mol. The van der Waals surface area contributed by atoms with E-state index in [4.69, 9.17) is 4.42 Å². The van der Waals surface area contributed by atoms with Crippen LogP contribution >= 0.6 is 0 Å². The van der Waals surface area contributed by atoms with E-state index in [-0.39, 0.29) is 0 Å². The first-order chi connectivity index (χ1) is 10.3. The fraction of sp³-hybridized carbons (Fsp3) is 0.111. The molecule has 0 aliphatic carbocycles. The molecule has 0 aliphatic heterocycles. The monoisotopic (exact) mass is 278 g/mol. The number of hydrogen-bond donors (Lipinski definition) is 2. The predicted molar refractivity (Wildman–Crippen MR) is 85.8 cm³/mol. The van der Waals surface area contributed by atoms with Crippen LogP contribution in [-0.2, 0) is 6.54 Å². The number of furan rings is 1. The van der Waals surface area contributed by atoms with E-state index in [2.05, 4.69) is 23.0 Å². The van der Waals surface area contributed by atoms with E-state index in [0.717, 1.165) is 22.8 Å². The smallest absolute Gasteiger partial charge is 0.134 e. The van der Waals surface area contributed by atoms with Crippen LogP contribution in [0.15, 0.2) is 71.1 Å². The van der Waals surface area contributed by atoms with Gasteiger partial charge in [-0.25, -0.2) is 5.43 Å². The van der Waals surface area contributed by atoms with E-state index in [0.29, 0.717) is 6.54 Å². The summed E-state index contributed by atoms with van der Waals surface area (Å²) in [4.78, 5) is 0. The normalized spacial score (nSPS) is 10.5. The molecule has 0 atom stereocenters. The number of nitrogens with one attached hydrogen (secondary N) is 2. The van der Waals surface area contributed by atoms with E-state index in [1.165, 1.54) is 5.56 Å². The van der Waals surface area contributed by atoms with E-state index < -0.39 is 0 Å². The quantitative estimate of drug-likeness (QED) is 0.680. The van der Waals surface area contributed by atoms with E-state index >= 15 is 0 Å². The van der Waals surface area contributed by atoms with Crippen molar-refractivity contribution in [1.82, 2.24) is 5.43 Å². The van der Waals surface area contributed by atoms with Gasteiger partial charge in [-0.15, -0.1) is 0 Å². The summed E-state index contributed by atoms with van der Waals surface area (Å²) in [5.74, 6) is 1.83. The molecule has 3 heteroatoms. The number of hydrazine groups is 1. The standard InChI is InChI=1S/C18H18N2O/c1-14-11-12-18(21-14)17-10-6-5-7-15(17)13-19-20-16-8-3-2-4-9-16/h2-12,19-20H,13H2,1H3. The van der Waals surface area contributed by atoms with E-state index in [9.17, 15) is 0 Å². The van der Waals surface area contributed by atoms with Crippen LogP contribution in [0.25, 0.3) is 11.3 Å². The fourth-order valence-corrected chi connectivity index (χ4v) is 2.26. The highest BCUT2D eigenvalue weighted by Crippen LogP contribution is 2.25. The first kappa shape index (κ1) is 13.5. The molecule has 0 radical (unpaired) electrons. The third-order valence-electron chi connectivity index (χ3n) is 3.31. The van der Waals surface area contributed by atoms with Gasteiger partial charge in [0.15, 0.2) is 0 Å². The Hall–Kier alpha value is -2.52. The number of rotatable bonds is 5. The SMILES string of the molecule is Cc1ccc(-c2ccccc2CNNc2ccccc2)o1. The maximum Gasteiger partial charge on any atom is 0.134 e. The molecule has 1 aromatic heterocycles. The summed E-state index contributed by atoms with van der Waals surface area (Å²) in [5.41, 5.74) is 9.79. The number of para-hydroxylation sites is 1. The Bertz CT molecular complexity index is 704. The van der Waals surface area contributed by atoms with E-state index in [1.807, 2.05) is 61.5 Å². The van der Waals surface area contributed by atoms with Crippen LogP contribution in [0.1, 0.15) is 11.3 Å². The van der Waals surface area contributed by atoms with Crippen LogP contribution in [0.2, 0.25) is 0 Å². The fourth-order valence-electron chi connectivity index (χ4n) is 2.26. The zero-order valence-electron chi connectivity index (χ0n) is 12.0. The summed E-state index contributed by atoms with van der Waals surface area (Å²) in [6.45, 7) is 2.67.